The molecule has 0 aliphatic heterocycles. The molecule has 0 saturated carbocycles. The highest BCUT2D eigenvalue weighted by Crippen LogP contribution is 2.33. The summed E-state index contributed by atoms with van der Waals surface area (Å²) in [5, 5.41) is 18.6. The monoisotopic (exact) mass is 271 g/mol. The minimum atomic E-state index is -0.847. The van der Waals surface area contributed by atoms with Gasteiger partial charge >= 0.3 is 0 Å². The Morgan fingerprint density at radius 2 is 2.05 bits per heavy atom. The summed E-state index contributed by atoms with van der Waals surface area (Å²) in [7, 11) is 0. The Morgan fingerprint density at radius 3 is 2.70 bits per heavy atom. The van der Waals surface area contributed by atoms with Gasteiger partial charge in [-0.05, 0) is 37.6 Å². The normalized spacial score (nSPS) is 11.8. The lowest BCUT2D eigenvalue weighted by atomic mass is 10.1. The molecule has 0 unspecified atom stereocenters. The maximum Gasteiger partial charge on any atom is 0.168 e. The summed E-state index contributed by atoms with van der Waals surface area (Å²) >= 11 is 0. The standard InChI is InChI=1S/C16H14FNO2/c1-10-6-7-12(9-18)8-15(10)20-16-13(11(2)19)4-3-5-14(16)17/h3-8,11,19H,1-2H3/t11-/m0/s1. The number of ether oxygens (including phenoxy) is 1. The molecule has 2 aromatic carbocycles. The summed E-state index contributed by atoms with van der Waals surface area (Å²) in [5.41, 5.74) is 1.58. The number of rotatable bonds is 3. The van der Waals surface area contributed by atoms with Gasteiger partial charge in [-0.1, -0.05) is 18.2 Å². The van der Waals surface area contributed by atoms with Crippen LogP contribution in [0.15, 0.2) is 36.4 Å². The molecule has 102 valence electrons. The fourth-order valence-electron chi connectivity index (χ4n) is 1.85. The van der Waals surface area contributed by atoms with Crippen molar-refractivity contribution < 1.29 is 14.2 Å². The molecule has 0 saturated heterocycles. The number of hydrogen-bond donors (Lipinski definition) is 1. The minimum Gasteiger partial charge on any atom is -0.454 e. The Hall–Kier alpha value is -2.38. The Kier molecular flexibility index (Phi) is 4.02. The number of nitriles is 1. The van der Waals surface area contributed by atoms with E-state index < -0.39 is 11.9 Å². The molecule has 0 spiro atoms. The average molecular weight is 271 g/mol. The zero-order valence-corrected chi connectivity index (χ0v) is 11.2. The summed E-state index contributed by atoms with van der Waals surface area (Å²) in [6.07, 6.45) is -0.847. The highest BCUT2D eigenvalue weighted by Gasteiger charge is 2.15. The van der Waals surface area contributed by atoms with Crippen molar-refractivity contribution >= 4 is 0 Å². The smallest absolute Gasteiger partial charge is 0.168 e. The largest absolute Gasteiger partial charge is 0.454 e. The van der Waals surface area contributed by atoms with Gasteiger partial charge in [-0.25, -0.2) is 4.39 Å². The second kappa shape index (κ2) is 5.72. The van der Waals surface area contributed by atoms with Gasteiger partial charge in [-0.2, -0.15) is 5.26 Å². The van der Waals surface area contributed by atoms with Crippen molar-refractivity contribution in [2.45, 2.75) is 20.0 Å². The van der Waals surface area contributed by atoms with E-state index in [0.29, 0.717) is 16.9 Å². The summed E-state index contributed by atoms with van der Waals surface area (Å²) in [6, 6.07) is 11.3. The van der Waals surface area contributed by atoms with Crippen LogP contribution in [0.1, 0.15) is 29.7 Å². The van der Waals surface area contributed by atoms with Crippen molar-refractivity contribution in [3.05, 3.63) is 58.9 Å². The quantitative estimate of drug-likeness (QED) is 0.922. The van der Waals surface area contributed by atoms with Gasteiger partial charge in [0.25, 0.3) is 0 Å². The van der Waals surface area contributed by atoms with Gasteiger partial charge in [0.1, 0.15) is 5.75 Å². The van der Waals surface area contributed by atoms with Crippen LogP contribution in [0.3, 0.4) is 0 Å². The number of hydrogen-bond acceptors (Lipinski definition) is 3. The van der Waals surface area contributed by atoms with Crippen LogP contribution >= 0.6 is 0 Å². The molecule has 0 amide bonds. The van der Waals surface area contributed by atoms with Crippen molar-refractivity contribution in [2.24, 2.45) is 0 Å². The molecule has 0 heterocycles. The fraction of sp³-hybridized carbons (Fsp3) is 0.188. The summed E-state index contributed by atoms with van der Waals surface area (Å²) < 4.78 is 19.5. The van der Waals surface area contributed by atoms with Gasteiger partial charge in [0.05, 0.1) is 17.7 Å². The van der Waals surface area contributed by atoms with E-state index in [-0.39, 0.29) is 5.75 Å². The third-order valence-electron chi connectivity index (χ3n) is 2.98. The first-order chi connectivity index (χ1) is 9.52. The van der Waals surface area contributed by atoms with Crippen molar-refractivity contribution in [3.8, 4) is 17.6 Å². The number of nitrogens with zero attached hydrogens (tertiary/aromatic N) is 1. The summed E-state index contributed by atoms with van der Waals surface area (Å²) in [4.78, 5) is 0. The Bertz CT molecular complexity index is 675. The number of aliphatic hydroxyl groups excluding tert-OH is 1. The molecule has 2 rings (SSSR count). The van der Waals surface area contributed by atoms with Crippen LogP contribution in [0.5, 0.6) is 11.5 Å². The van der Waals surface area contributed by atoms with Gasteiger partial charge in [-0.3, -0.25) is 0 Å². The first-order valence-corrected chi connectivity index (χ1v) is 6.18. The van der Waals surface area contributed by atoms with Crippen LogP contribution < -0.4 is 4.74 Å². The van der Waals surface area contributed by atoms with E-state index in [1.165, 1.54) is 12.1 Å². The molecule has 0 bridgehead atoms. The predicted octanol–water partition coefficient (Wildman–Crippen LogP) is 3.85. The lowest BCUT2D eigenvalue weighted by Gasteiger charge is -2.15. The second-order valence-corrected chi connectivity index (χ2v) is 4.53. The van der Waals surface area contributed by atoms with Crippen molar-refractivity contribution in [1.82, 2.24) is 0 Å². The number of halogens is 1. The zero-order valence-electron chi connectivity index (χ0n) is 11.2. The molecule has 4 heteroatoms. The predicted molar refractivity (Wildman–Crippen MR) is 73.0 cm³/mol. The van der Waals surface area contributed by atoms with E-state index in [0.717, 1.165) is 5.56 Å². The molecular weight excluding hydrogens is 257 g/mol. The van der Waals surface area contributed by atoms with E-state index in [9.17, 15) is 9.50 Å². The Balaban J connectivity index is 2.48. The fourth-order valence-corrected chi connectivity index (χ4v) is 1.85. The molecule has 2 aromatic rings. The molecule has 0 radical (unpaired) electrons. The molecule has 0 aromatic heterocycles. The molecule has 1 N–H and O–H groups in total. The number of aryl methyl sites for hydroxylation is 1. The minimum absolute atomic E-state index is 0.0133. The highest BCUT2D eigenvalue weighted by molar-refractivity contribution is 5.46. The summed E-state index contributed by atoms with van der Waals surface area (Å²) in [5.74, 6) is -0.165. The first kappa shape index (κ1) is 14.0. The third kappa shape index (κ3) is 2.79. The molecular formula is C16H14FNO2. The lowest BCUT2D eigenvalue weighted by molar-refractivity contribution is 0.194. The lowest BCUT2D eigenvalue weighted by Crippen LogP contribution is -1.99. The van der Waals surface area contributed by atoms with Gasteiger partial charge in [0, 0.05) is 5.56 Å². The van der Waals surface area contributed by atoms with Crippen LogP contribution in [0.2, 0.25) is 0 Å². The highest BCUT2D eigenvalue weighted by atomic mass is 19.1. The topological polar surface area (TPSA) is 53.2 Å². The van der Waals surface area contributed by atoms with Crippen molar-refractivity contribution in [1.29, 1.82) is 5.26 Å². The molecule has 20 heavy (non-hydrogen) atoms. The third-order valence-corrected chi connectivity index (χ3v) is 2.98. The van der Waals surface area contributed by atoms with Crippen LogP contribution in [0, 0.1) is 24.1 Å². The van der Waals surface area contributed by atoms with E-state index in [1.54, 1.807) is 38.1 Å². The van der Waals surface area contributed by atoms with Gasteiger partial charge in [-0.15, -0.1) is 0 Å². The SMILES string of the molecule is Cc1ccc(C#N)cc1Oc1c(F)cccc1[C@H](C)O. The zero-order chi connectivity index (χ0) is 14.7. The Labute approximate surface area is 116 Å². The number of para-hydroxylation sites is 1. The van der Waals surface area contributed by atoms with Crippen LogP contribution in [-0.2, 0) is 0 Å². The van der Waals surface area contributed by atoms with Gasteiger partial charge in [0.2, 0.25) is 0 Å². The van der Waals surface area contributed by atoms with E-state index in [1.807, 2.05) is 6.07 Å². The number of benzene rings is 2. The van der Waals surface area contributed by atoms with Crippen LogP contribution in [0.25, 0.3) is 0 Å². The summed E-state index contributed by atoms with van der Waals surface area (Å²) in [6.45, 7) is 3.35. The number of aliphatic hydroxyl groups is 1. The first-order valence-electron chi connectivity index (χ1n) is 6.18. The van der Waals surface area contributed by atoms with E-state index in [4.69, 9.17) is 10.00 Å². The van der Waals surface area contributed by atoms with Crippen molar-refractivity contribution in [2.75, 3.05) is 0 Å². The van der Waals surface area contributed by atoms with Gasteiger partial charge in [0.15, 0.2) is 11.6 Å². The van der Waals surface area contributed by atoms with Crippen molar-refractivity contribution in [3.63, 3.8) is 0 Å². The Morgan fingerprint density at radius 1 is 1.30 bits per heavy atom. The van der Waals surface area contributed by atoms with Crippen LogP contribution in [-0.4, -0.2) is 5.11 Å². The van der Waals surface area contributed by atoms with E-state index in [2.05, 4.69) is 0 Å². The maximum atomic E-state index is 13.9. The molecule has 0 fully saturated rings. The average Bonchev–Trinajstić information content (AvgIpc) is 2.43. The molecule has 1 atom stereocenters. The molecule has 0 aliphatic rings. The maximum absolute atomic E-state index is 13.9. The van der Waals surface area contributed by atoms with Crippen LogP contribution in [0.4, 0.5) is 4.39 Å². The van der Waals surface area contributed by atoms with Gasteiger partial charge < -0.3 is 9.84 Å². The molecule has 0 aliphatic carbocycles. The van der Waals surface area contributed by atoms with E-state index >= 15 is 0 Å². The second-order valence-electron chi connectivity index (χ2n) is 4.53. The molecule has 3 nitrogen and oxygen atoms in total.